The molecule has 1 aromatic rings. The zero-order valence-electron chi connectivity index (χ0n) is 9.52. The van der Waals surface area contributed by atoms with E-state index in [1.165, 1.54) is 0 Å². The van der Waals surface area contributed by atoms with Crippen LogP contribution in [-0.2, 0) is 11.2 Å². The lowest BCUT2D eigenvalue weighted by Gasteiger charge is -2.10. The van der Waals surface area contributed by atoms with Crippen LogP contribution in [0.15, 0.2) is 24.5 Å². The molecule has 16 heavy (non-hydrogen) atoms. The number of hydrogen-bond acceptors (Lipinski definition) is 3. The molecule has 0 spiro atoms. The number of pyridine rings is 1. The number of carbonyl (C=O) groups is 1. The molecule has 0 aliphatic heterocycles. The molecule has 0 aliphatic rings. The average molecular weight is 222 g/mol. The van der Waals surface area contributed by atoms with E-state index in [0.717, 1.165) is 18.4 Å². The molecule has 1 unspecified atom stereocenters. The second kappa shape index (κ2) is 6.95. The Balaban J connectivity index is 2.18. The predicted octanol–water partition coefficient (Wildman–Crippen LogP) is 0.901. The number of aliphatic hydroxyl groups excluding tert-OH is 1. The first-order valence-corrected chi connectivity index (χ1v) is 5.51. The Morgan fingerprint density at radius 2 is 2.44 bits per heavy atom. The summed E-state index contributed by atoms with van der Waals surface area (Å²) in [7, 11) is 0. The monoisotopic (exact) mass is 222 g/mol. The maximum absolute atomic E-state index is 11.4. The van der Waals surface area contributed by atoms with Crippen molar-refractivity contribution in [2.24, 2.45) is 0 Å². The summed E-state index contributed by atoms with van der Waals surface area (Å²) in [4.78, 5) is 15.4. The van der Waals surface area contributed by atoms with Crippen LogP contribution in [0, 0.1) is 0 Å². The fraction of sp³-hybridized carbons (Fsp3) is 0.500. The Bertz CT molecular complexity index is 314. The van der Waals surface area contributed by atoms with Crippen molar-refractivity contribution in [3.05, 3.63) is 30.1 Å². The van der Waals surface area contributed by atoms with E-state index in [4.69, 9.17) is 5.11 Å². The summed E-state index contributed by atoms with van der Waals surface area (Å²) in [6.45, 7) is 1.76. The molecule has 0 radical (unpaired) electrons. The molecule has 0 bridgehead atoms. The minimum Gasteiger partial charge on any atom is -0.394 e. The van der Waals surface area contributed by atoms with Gasteiger partial charge in [0, 0.05) is 24.9 Å². The zero-order valence-corrected chi connectivity index (χ0v) is 9.52. The van der Waals surface area contributed by atoms with E-state index in [0.29, 0.717) is 6.42 Å². The lowest BCUT2D eigenvalue weighted by Crippen LogP contribution is -2.34. The van der Waals surface area contributed by atoms with Gasteiger partial charge in [-0.3, -0.25) is 9.78 Å². The van der Waals surface area contributed by atoms with Crippen LogP contribution in [0.4, 0.5) is 0 Å². The quantitative estimate of drug-likeness (QED) is 0.751. The molecule has 2 N–H and O–H groups in total. The van der Waals surface area contributed by atoms with Gasteiger partial charge in [-0.1, -0.05) is 6.07 Å². The SMILES string of the molecule is CC(CO)NC(=O)CCCc1cccnc1. The van der Waals surface area contributed by atoms with Gasteiger partial charge in [-0.15, -0.1) is 0 Å². The highest BCUT2D eigenvalue weighted by Crippen LogP contribution is 2.02. The van der Waals surface area contributed by atoms with E-state index in [2.05, 4.69) is 10.3 Å². The van der Waals surface area contributed by atoms with Gasteiger partial charge in [-0.2, -0.15) is 0 Å². The Morgan fingerprint density at radius 3 is 3.06 bits per heavy atom. The maximum Gasteiger partial charge on any atom is 0.220 e. The predicted molar refractivity (Wildman–Crippen MR) is 61.9 cm³/mol. The number of nitrogens with one attached hydrogen (secondary N) is 1. The Hall–Kier alpha value is -1.42. The highest BCUT2D eigenvalue weighted by atomic mass is 16.3. The van der Waals surface area contributed by atoms with E-state index in [1.54, 1.807) is 13.1 Å². The van der Waals surface area contributed by atoms with Crippen molar-refractivity contribution in [1.82, 2.24) is 10.3 Å². The first kappa shape index (κ1) is 12.6. The maximum atomic E-state index is 11.4. The Kier molecular flexibility index (Phi) is 5.50. The summed E-state index contributed by atoms with van der Waals surface area (Å²) < 4.78 is 0. The molecule has 1 aromatic heterocycles. The van der Waals surface area contributed by atoms with Crippen LogP contribution >= 0.6 is 0 Å². The normalized spacial score (nSPS) is 12.1. The minimum atomic E-state index is -0.161. The third-order valence-corrected chi connectivity index (χ3v) is 2.27. The molecule has 88 valence electrons. The van der Waals surface area contributed by atoms with Gasteiger partial charge in [0.15, 0.2) is 0 Å². The number of hydrogen-bond donors (Lipinski definition) is 2. The molecule has 4 heteroatoms. The molecule has 4 nitrogen and oxygen atoms in total. The van der Waals surface area contributed by atoms with Crippen molar-refractivity contribution in [1.29, 1.82) is 0 Å². The van der Waals surface area contributed by atoms with Crippen molar-refractivity contribution in [2.45, 2.75) is 32.2 Å². The number of rotatable bonds is 6. The van der Waals surface area contributed by atoms with E-state index in [9.17, 15) is 4.79 Å². The summed E-state index contributed by atoms with van der Waals surface area (Å²) in [5, 5.41) is 11.5. The number of amides is 1. The molecule has 0 saturated carbocycles. The van der Waals surface area contributed by atoms with Gasteiger partial charge in [0.05, 0.1) is 6.61 Å². The minimum absolute atomic E-state index is 0.00885. The summed E-state index contributed by atoms with van der Waals surface area (Å²) in [6, 6.07) is 3.73. The third-order valence-electron chi connectivity index (χ3n) is 2.27. The summed E-state index contributed by atoms with van der Waals surface area (Å²) in [6.07, 6.45) is 5.69. The zero-order chi connectivity index (χ0) is 11.8. The van der Waals surface area contributed by atoms with Crippen molar-refractivity contribution in [2.75, 3.05) is 6.61 Å². The number of aromatic nitrogens is 1. The number of nitrogens with zero attached hydrogens (tertiary/aromatic N) is 1. The van der Waals surface area contributed by atoms with Crippen LogP contribution in [-0.4, -0.2) is 28.6 Å². The number of aryl methyl sites for hydroxylation is 1. The molecule has 0 saturated heterocycles. The van der Waals surface area contributed by atoms with Crippen LogP contribution in [0.25, 0.3) is 0 Å². The van der Waals surface area contributed by atoms with Gasteiger partial charge in [-0.05, 0) is 31.4 Å². The molecule has 1 amide bonds. The first-order chi connectivity index (χ1) is 7.72. The number of carbonyl (C=O) groups excluding carboxylic acids is 1. The highest BCUT2D eigenvalue weighted by Gasteiger charge is 2.05. The number of aliphatic hydroxyl groups is 1. The van der Waals surface area contributed by atoms with Crippen molar-refractivity contribution in [3.63, 3.8) is 0 Å². The lowest BCUT2D eigenvalue weighted by molar-refractivity contribution is -0.122. The summed E-state index contributed by atoms with van der Waals surface area (Å²) in [5.74, 6) is -0.00885. The Morgan fingerprint density at radius 1 is 1.62 bits per heavy atom. The smallest absolute Gasteiger partial charge is 0.220 e. The topological polar surface area (TPSA) is 62.2 Å². The highest BCUT2D eigenvalue weighted by molar-refractivity contribution is 5.76. The van der Waals surface area contributed by atoms with Crippen LogP contribution < -0.4 is 5.32 Å². The average Bonchev–Trinajstić information content (AvgIpc) is 2.30. The van der Waals surface area contributed by atoms with Crippen LogP contribution in [0.2, 0.25) is 0 Å². The van der Waals surface area contributed by atoms with E-state index in [-0.39, 0.29) is 18.6 Å². The largest absolute Gasteiger partial charge is 0.394 e. The van der Waals surface area contributed by atoms with E-state index in [1.807, 2.05) is 18.3 Å². The molecule has 1 heterocycles. The lowest BCUT2D eigenvalue weighted by atomic mass is 10.1. The molecule has 0 fully saturated rings. The van der Waals surface area contributed by atoms with Gasteiger partial charge >= 0.3 is 0 Å². The van der Waals surface area contributed by atoms with Crippen molar-refractivity contribution >= 4 is 5.91 Å². The first-order valence-electron chi connectivity index (χ1n) is 5.51. The van der Waals surface area contributed by atoms with Gasteiger partial charge in [-0.25, -0.2) is 0 Å². The van der Waals surface area contributed by atoms with Gasteiger partial charge in [0.2, 0.25) is 5.91 Å². The van der Waals surface area contributed by atoms with Crippen molar-refractivity contribution in [3.8, 4) is 0 Å². The van der Waals surface area contributed by atoms with Crippen molar-refractivity contribution < 1.29 is 9.90 Å². The van der Waals surface area contributed by atoms with Crippen LogP contribution in [0.3, 0.4) is 0 Å². The summed E-state index contributed by atoms with van der Waals surface area (Å²) >= 11 is 0. The fourth-order valence-corrected chi connectivity index (χ4v) is 1.39. The second-order valence-corrected chi connectivity index (χ2v) is 3.87. The standard InChI is InChI=1S/C12H18N2O2/c1-10(9-15)14-12(16)6-2-4-11-5-3-7-13-8-11/h3,5,7-8,10,15H,2,4,6,9H2,1H3,(H,14,16). The van der Waals surface area contributed by atoms with Gasteiger partial charge in [0.25, 0.3) is 0 Å². The molecule has 0 aliphatic carbocycles. The van der Waals surface area contributed by atoms with E-state index < -0.39 is 0 Å². The van der Waals surface area contributed by atoms with Crippen LogP contribution in [0.5, 0.6) is 0 Å². The third kappa shape index (κ3) is 4.89. The van der Waals surface area contributed by atoms with E-state index >= 15 is 0 Å². The molecule has 1 rings (SSSR count). The molecule has 1 atom stereocenters. The fourth-order valence-electron chi connectivity index (χ4n) is 1.39. The van der Waals surface area contributed by atoms with Gasteiger partial charge < -0.3 is 10.4 Å². The summed E-state index contributed by atoms with van der Waals surface area (Å²) in [5.41, 5.74) is 1.14. The van der Waals surface area contributed by atoms with Gasteiger partial charge in [0.1, 0.15) is 0 Å². The molecular formula is C12H18N2O2. The second-order valence-electron chi connectivity index (χ2n) is 3.87. The Labute approximate surface area is 95.7 Å². The van der Waals surface area contributed by atoms with Crippen LogP contribution in [0.1, 0.15) is 25.3 Å². The molecular weight excluding hydrogens is 204 g/mol. The molecule has 0 aromatic carbocycles.